The molecule has 0 saturated carbocycles. The first kappa shape index (κ1) is 12.1. The van der Waals surface area contributed by atoms with Crippen LogP contribution < -0.4 is 4.74 Å². The number of ether oxygens (including phenoxy) is 1. The molecule has 0 radical (unpaired) electrons. The minimum Gasteiger partial charge on any atom is -0.387 e. The van der Waals surface area contributed by atoms with Crippen molar-refractivity contribution in [1.29, 1.82) is 0 Å². The number of alkyl halides is 3. The fourth-order valence-electron chi connectivity index (χ4n) is 0.608. The zero-order valence-corrected chi connectivity index (χ0v) is 9.87. The molecule has 0 aromatic carbocycles. The fraction of sp³-hybridized carbons (Fsp3) is 0.167. The summed E-state index contributed by atoms with van der Waals surface area (Å²) in [5, 5.41) is 0.0621. The van der Waals surface area contributed by atoms with E-state index in [0.29, 0.717) is 0 Å². The zero-order valence-electron chi connectivity index (χ0n) is 6.20. The van der Waals surface area contributed by atoms with Crippen molar-refractivity contribution in [3.8, 4) is 5.88 Å². The van der Waals surface area contributed by atoms with Gasteiger partial charge in [0.1, 0.15) is 0 Å². The van der Waals surface area contributed by atoms with Crippen LogP contribution in [0.25, 0.3) is 0 Å². The summed E-state index contributed by atoms with van der Waals surface area (Å²) in [7, 11) is 0. The molecule has 0 fully saturated rings. The van der Waals surface area contributed by atoms with Crippen molar-refractivity contribution >= 4 is 45.8 Å². The molecular weight excluding hydrogens is 357 g/mol. The zero-order chi connectivity index (χ0) is 10.9. The van der Waals surface area contributed by atoms with Crippen LogP contribution in [0.15, 0.2) is 6.20 Å². The Bertz CT molecular complexity index is 358. The van der Waals surface area contributed by atoms with E-state index in [1.165, 1.54) is 0 Å². The summed E-state index contributed by atoms with van der Waals surface area (Å²) >= 11 is 12.7. The molecule has 78 valence electrons. The average molecular weight is 358 g/mol. The van der Waals surface area contributed by atoms with Crippen LogP contribution in [0.2, 0.25) is 10.0 Å². The predicted molar refractivity (Wildman–Crippen MR) is 53.7 cm³/mol. The molecule has 0 unspecified atom stereocenters. The standard InChI is InChI=1S/C6HCl2F3INO/c7-2-1-13-5(4(12)3(2)8)14-6(9,10)11/h1H. The Morgan fingerprint density at radius 3 is 2.43 bits per heavy atom. The number of rotatable bonds is 1. The van der Waals surface area contributed by atoms with Gasteiger partial charge in [0, 0.05) is 0 Å². The third-order valence-electron chi connectivity index (χ3n) is 1.10. The monoisotopic (exact) mass is 357 g/mol. The van der Waals surface area contributed by atoms with Gasteiger partial charge in [-0.25, -0.2) is 4.98 Å². The molecule has 0 amide bonds. The van der Waals surface area contributed by atoms with Gasteiger partial charge < -0.3 is 4.74 Å². The number of aromatic nitrogens is 1. The molecule has 0 aliphatic rings. The topological polar surface area (TPSA) is 22.1 Å². The Kier molecular flexibility index (Phi) is 3.70. The Morgan fingerprint density at radius 1 is 1.36 bits per heavy atom. The smallest absolute Gasteiger partial charge is 0.387 e. The molecule has 8 heteroatoms. The van der Waals surface area contributed by atoms with Crippen LogP contribution in [0.4, 0.5) is 13.2 Å². The molecule has 1 heterocycles. The summed E-state index contributed by atoms with van der Waals surface area (Å²) in [5.74, 6) is -0.604. The van der Waals surface area contributed by atoms with E-state index in [2.05, 4.69) is 9.72 Å². The Hall–Kier alpha value is 0.0500. The molecule has 0 bridgehead atoms. The van der Waals surface area contributed by atoms with E-state index in [0.717, 1.165) is 6.20 Å². The number of halogens is 6. The van der Waals surface area contributed by atoms with E-state index in [9.17, 15) is 13.2 Å². The Balaban J connectivity index is 3.06. The van der Waals surface area contributed by atoms with Gasteiger partial charge in [-0.15, -0.1) is 13.2 Å². The van der Waals surface area contributed by atoms with Crippen LogP contribution in [0.1, 0.15) is 0 Å². The van der Waals surface area contributed by atoms with E-state index in [-0.39, 0.29) is 13.6 Å². The molecule has 1 aromatic heterocycles. The summed E-state index contributed by atoms with van der Waals surface area (Å²) in [4.78, 5) is 3.36. The largest absolute Gasteiger partial charge is 0.574 e. The van der Waals surface area contributed by atoms with Gasteiger partial charge in [-0.3, -0.25) is 0 Å². The van der Waals surface area contributed by atoms with Gasteiger partial charge in [-0.2, -0.15) is 0 Å². The van der Waals surface area contributed by atoms with Crippen LogP contribution in [-0.4, -0.2) is 11.3 Å². The highest BCUT2D eigenvalue weighted by molar-refractivity contribution is 14.1. The highest BCUT2D eigenvalue weighted by Gasteiger charge is 2.33. The van der Waals surface area contributed by atoms with Crippen molar-refractivity contribution < 1.29 is 17.9 Å². The van der Waals surface area contributed by atoms with Crippen LogP contribution >= 0.6 is 45.8 Å². The number of pyridine rings is 1. The number of hydrogen-bond donors (Lipinski definition) is 0. The second kappa shape index (κ2) is 4.28. The first-order valence-electron chi connectivity index (χ1n) is 3.06. The average Bonchev–Trinajstić information content (AvgIpc) is 2.04. The van der Waals surface area contributed by atoms with Gasteiger partial charge in [-0.1, -0.05) is 23.2 Å². The lowest BCUT2D eigenvalue weighted by Gasteiger charge is -2.10. The normalized spacial score (nSPS) is 11.6. The van der Waals surface area contributed by atoms with Gasteiger partial charge in [-0.05, 0) is 22.6 Å². The minimum absolute atomic E-state index is 0.0125. The summed E-state index contributed by atoms with van der Waals surface area (Å²) < 4.78 is 39.1. The van der Waals surface area contributed by atoms with Crippen molar-refractivity contribution in [2.24, 2.45) is 0 Å². The van der Waals surface area contributed by atoms with Crippen molar-refractivity contribution in [2.75, 3.05) is 0 Å². The maximum atomic E-state index is 11.8. The lowest BCUT2D eigenvalue weighted by Crippen LogP contribution is -2.18. The molecule has 1 rings (SSSR count). The molecule has 0 aliphatic heterocycles. The Labute approximate surface area is 100 Å². The minimum atomic E-state index is -4.79. The van der Waals surface area contributed by atoms with Gasteiger partial charge in [0.2, 0.25) is 5.88 Å². The maximum Gasteiger partial charge on any atom is 0.574 e. The van der Waals surface area contributed by atoms with E-state index in [4.69, 9.17) is 23.2 Å². The molecule has 2 nitrogen and oxygen atoms in total. The molecule has 0 spiro atoms. The molecule has 0 aliphatic carbocycles. The first-order chi connectivity index (χ1) is 6.31. The second-order valence-corrected chi connectivity index (χ2v) is 3.95. The molecule has 0 N–H and O–H groups in total. The van der Waals surface area contributed by atoms with E-state index in [1.54, 1.807) is 22.6 Å². The van der Waals surface area contributed by atoms with Crippen molar-refractivity contribution in [1.82, 2.24) is 4.98 Å². The SMILES string of the molecule is FC(F)(F)Oc1ncc(Cl)c(Cl)c1I. The summed E-state index contributed by atoms with van der Waals surface area (Å²) in [6.07, 6.45) is -3.79. The van der Waals surface area contributed by atoms with Gasteiger partial charge in [0.05, 0.1) is 19.8 Å². The summed E-state index contributed by atoms with van der Waals surface area (Å²) in [6.45, 7) is 0. The maximum absolute atomic E-state index is 11.8. The lowest BCUT2D eigenvalue weighted by atomic mass is 10.5. The molecule has 14 heavy (non-hydrogen) atoms. The number of hydrogen-bond acceptors (Lipinski definition) is 2. The molecular formula is C6HCl2F3INO. The van der Waals surface area contributed by atoms with Crippen molar-refractivity contribution in [3.05, 3.63) is 19.8 Å². The van der Waals surface area contributed by atoms with Gasteiger partial charge >= 0.3 is 6.36 Å². The first-order valence-corrected chi connectivity index (χ1v) is 4.90. The fourth-order valence-corrected chi connectivity index (χ4v) is 1.58. The second-order valence-electron chi connectivity index (χ2n) is 2.09. The van der Waals surface area contributed by atoms with Crippen molar-refractivity contribution in [3.63, 3.8) is 0 Å². The van der Waals surface area contributed by atoms with E-state index in [1.807, 2.05) is 0 Å². The van der Waals surface area contributed by atoms with E-state index >= 15 is 0 Å². The molecule has 1 aromatic rings. The molecule has 0 saturated heterocycles. The third kappa shape index (κ3) is 3.03. The van der Waals surface area contributed by atoms with Crippen LogP contribution in [0.5, 0.6) is 5.88 Å². The van der Waals surface area contributed by atoms with Gasteiger partial charge in [0.25, 0.3) is 0 Å². The Morgan fingerprint density at radius 2 is 1.93 bits per heavy atom. The number of nitrogens with zero attached hydrogens (tertiary/aromatic N) is 1. The van der Waals surface area contributed by atoms with Gasteiger partial charge in [0.15, 0.2) is 0 Å². The quantitative estimate of drug-likeness (QED) is 0.711. The lowest BCUT2D eigenvalue weighted by molar-refractivity contribution is -0.276. The van der Waals surface area contributed by atoms with Crippen LogP contribution in [0.3, 0.4) is 0 Å². The van der Waals surface area contributed by atoms with Crippen LogP contribution in [0, 0.1) is 3.57 Å². The van der Waals surface area contributed by atoms with E-state index < -0.39 is 12.2 Å². The van der Waals surface area contributed by atoms with Crippen molar-refractivity contribution in [2.45, 2.75) is 6.36 Å². The summed E-state index contributed by atoms with van der Waals surface area (Å²) in [6, 6.07) is 0. The third-order valence-corrected chi connectivity index (χ3v) is 3.19. The highest BCUT2D eigenvalue weighted by Crippen LogP contribution is 2.34. The summed E-state index contributed by atoms with van der Waals surface area (Å²) in [5.41, 5.74) is 0. The predicted octanol–water partition coefficient (Wildman–Crippen LogP) is 3.89. The van der Waals surface area contributed by atoms with Crippen LogP contribution in [-0.2, 0) is 0 Å². The molecule has 0 atom stereocenters. The highest BCUT2D eigenvalue weighted by atomic mass is 127.